The molecule has 9 heteroatoms. The molecule has 45 heavy (non-hydrogen) atoms. The lowest BCUT2D eigenvalue weighted by atomic mass is 9.85. The first-order chi connectivity index (χ1) is 22.1. The van der Waals surface area contributed by atoms with Gasteiger partial charge in [-0.1, -0.05) is 30.3 Å². The summed E-state index contributed by atoms with van der Waals surface area (Å²) in [7, 11) is 1.75. The molecule has 1 aliphatic carbocycles. The number of carbonyl (C=O) groups is 1. The number of nitrogens with one attached hydrogen (secondary N) is 1. The SMILES string of the molecule is COCCCN1CCOc2ccc(CO[C@H]3CNC[C@@H](OCC(=O)N4CCCC4C)[C@@H]3c3ccc(COCC4CC4)cc3)cc21. The zero-order valence-electron chi connectivity index (χ0n) is 27.1. The molecule has 1 amide bonds. The fraction of sp³-hybridized carbons (Fsp3) is 0.639. The molecule has 1 N–H and O–H groups in total. The van der Waals surface area contributed by atoms with Crippen molar-refractivity contribution in [1.82, 2.24) is 10.2 Å². The average molecular weight is 622 g/mol. The summed E-state index contributed by atoms with van der Waals surface area (Å²) in [4.78, 5) is 17.4. The zero-order chi connectivity index (χ0) is 31.0. The van der Waals surface area contributed by atoms with E-state index in [1.54, 1.807) is 7.11 Å². The molecule has 1 unspecified atom stereocenters. The standard InChI is InChI=1S/C36H51N3O6/c1-26-5-3-15-39(26)35(40)25-45-34-21-37-20-33(36(34)30-11-8-28(9-12-30)23-42-22-27-6-7-27)44-24-29-10-13-32-31(19-29)38(16-18-43-32)14-4-17-41-2/h8-13,19,26-27,33-34,36-37H,3-7,14-18,20-25H2,1-2H3/t26?,33-,34+,36+/m0/s1. The van der Waals surface area contributed by atoms with Crippen molar-refractivity contribution in [3.8, 4) is 5.75 Å². The summed E-state index contributed by atoms with van der Waals surface area (Å²) >= 11 is 0. The fourth-order valence-corrected chi connectivity index (χ4v) is 6.89. The molecule has 6 rings (SSSR count). The van der Waals surface area contributed by atoms with Crippen molar-refractivity contribution in [2.75, 3.05) is 71.2 Å². The van der Waals surface area contributed by atoms with Crippen molar-refractivity contribution >= 4 is 11.6 Å². The van der Waals surface area contributed by atoms with Crippen LogP contribution in [-0.2, 0) is 37.0 Å². The number of amides is 1. The van der Waals surface area contributed by atoms with E-state index in [1.807, 2.05) is 4.90 Å². The third-order valence-corrected chi connectivity index (χ3v) is 9.69. The number of rotatable bonds is 15. The van der Waals surface area contributed by atoms with Crippen LogP contribution in [0.25, 0.3) is 0 Å². The molecule has 0 spiro atoms. The van der Waals surface area contributed by atoms with Crippen LogP contribution < -0.4 is 15.0 Å². The normalized spacial score (nSPS) is 24.8. The number of benzene rings is 2. The van der Waals surface area contributed by atoms with Gasteiger partial charge in [-0.25, -0.2) is 0 Å². The van der Waals surface area contributed by atoms with E-state index >= 15 is 0 Å². The van der Waals surface area contributed by atoms with E-state index in [1.165, 1.54) is 24.0 Å². The predicted molar refractivity (Wildman–Crippen MR) is 174 cm³/mol. The lowest BCUT2D eigenvalue weighted by molar-refractivity contribution is -0.141. The third kappa shape index (κ3) is 8.57. The number of anilines is 1. The number of carbonyl (C=O) groups excluding carboxylic acids is 1. The van der Waals surface area contributed by atoms with Gasteiger partial charge in [-0.15, -0.1) is 0 Å². The van der Waals surface area contributed by atoms with Crippen LogP contribution in [0.5, 0.6) is 5.75 Å². The summed E-state index contributed by atoms with van der Waals surface area (Å²) in [6.07, 6.45) is 5.38. The van der Waals surface area contributed by atoms with Crippen LogP contribution in [0, 0.1) is 5.92 Å². The second kappa shape index (κ2) is 15.7. The lowest BCUT2D eigenvalue weighted by Gasteiger charge is -2.39. The van der Waals surface area contributed by atoms with Gasteiger partial charge in [0.25, 0.3) is 0 Å². The summed E-state index contributed by atoms with van der Waals surface area (Å²) in [5.74, 6) is 1.74. The molecule has 246 valence electrons. The molecule has 4 atom stereocenters. The van der Waals surface area contributed by atoms with Crippen molar-refractivity contribution in [2.24, 2.45) is 5.92 Å². The van der Waals surface area contributed by atoms with Crippen LogP contribution in [0.4, 0.5) is 5.69 Å². The summed E-state index contributed by atoms with van der Waals surface area (Å²) in [5, 5.41) is 3.53. The topological polar surface area (TPSA) is 81.7 Å². The number of hydrogen-bond acceptors (Lipinski definition) is 8. The van der Waals surface area contributed by atoms with E-state index < -0.39 is 0 Å². The summed E-state index contributed by atoms with van der Waals surface area (Å²) in [6, 6.07) is 15.4. The molecule has 9 nitrogen and oxygen atoms in total. The van der Waals surface area contributed by atoms with Gasteiger partial charge in [0.15, 0.2) is 0 Å². The molecule has 1 saturated carbocycles. The Labute approximate surface area is 268 Å². The number of likely N-dealkylation sites (tertiary alicyclic amines) is 1. The van der Waals surface area contributed by atoms with Gasteiger partial charge in [-0.05, 0) is 73.8 Å². The van der Waals surface area contributed by atoms with Gasteiger partial charge >= 0.3 is 0 Å². The van der Waals surface area contributed by atoms with Crippen molar-refractivity contribution in [3.63, 3.8) is 0 Å². The van der Waals surface area contributed by atoms with Gasteiger partial charge in [0.05, 0.1) is 37.7 Å². The van der Waals surface area contributed by atoms with Crippen LogP contribution in [0.15, 0.2) is 42.5 Å². The molecule has 2 aromatic rings. The summed E-state index contributed by atoms with van der Waals surface area (Å²) < 4.78 is 30.3. The molecular formula is C36H51N3O6. The van der Waals surface area contributed by atoms with E-state index in [4.69, 9.17) is 23.7 Å². The molecule has 3 heterocycles. The van der Waals surface area contributed by atoms with Gasteiger partial charge in [-0.3, -0.25) is 4.79 Å². The third-order valence-electron chi connectivity index (χ3n) is 9.69. The second-order valence-corrected chi connectivity index (χ2v) is 13.1. The van der Waals surface area contributed by atoms with Crippen LogP contribution in [0.3, 0.4) is 0 Å². The Bertz CT molecular complexity index is 1240. The van der Waals surface area contributed by atoms with Gasteiger partial charge in [0, 0.05) is 58.5 Å². The van der Waals surface area contributed by atoms with Gasteiger partial charge in [-0.2, -0.15) is 0 Å². The number of methoxy groups -OCH3 is 1. The molecule has 2 saturated heterocycles. The molecule has 0 bridgehead atoms. The largest absolute Gasteiger partial charge is 0.490 e. The number of fused-ring (bicyclic) bond motifs is 1. The maximum atomic E-state index is 13.1. The number of nitrogens with zero attached hydrogens (tertiary/aromatic N) is 2. The van der Waals surface area contributed by atoms with Crippen LogP contribution in [0.2, 0.25) is 0 Å². The molecule has 0 radical (unpaired) electrons. The molecule has 3 aliphatic heterocycles. The molecule has 2 aromatic carbocycles. The highest BCUT2D eigenvalue weighted by atomic mass is 16.5. The maximum Gasteiger partial charge on any atom is 0.248 e. The molecular weight excluding hydrogens is 570 g/mol. The van der Waals surface area contributed by atoms with Crippen LogP contribution >= 0.6 is 0 Å². The first-order valence-corrected chi connectivity index (χ1v) is 17.0. The Morgan fingerprint density at radius 3 is 2.53 bits per heavy atom. The highest BCUT2D eigenvalue weighted by Crippen LogP contribution is 2.35. The first kappa shape index (κ1) is 32.3. The van der Waals surface area contributed by atoms with Crippen molar-refractivity contribution in [2.45, 2.75) is 76.4 Å². The Balaban J connectivity index is 1.14. The van der Waals surface area contributed by atoms with E-state index in [-0.39, 0.29) is 36.7 Å². The monoisotopic (exact) mass is 621 g/mol. The van der Waals surface area contributed by atoms with Crippen molar-refractivity contribution in [3.05, 3.63) is 59.2 Å². The lowest BCUT2D eigenvalue weighted by Crippen LogP contribution is -2.51. The minimum absolute atomic E-state index is 0.0111. The zero-order valence-corrected chi connectivity index (χ0v) is 27.1. The Morgan fingerprint density at radius 2 is 1.78 bits per heavy atom. The highest BCUT2D eigenvalue weighted by molar-refractivity contribution is 5.78. The molecule has 0 aromatic heterocycles. The quantitative estimate of drug-likeness (QED) is 0.291. The second-order valence-electron chi connectivity index (χ2n) is 13.1. The van der Waals surface area contributed by atoms with Gasteiger partial charge < -0.3 is 38.8 Å². The Kier molecular flexibility index (Phi) is 11.3. The van der Waals surface area contributed by atoms with Gasteiger partial charge in [0.2, 0.25) is 5.91 Å². The smallest absolute Gasteiger partial charge is 0.248 e. The van der Waals surface area contributed by atoms with Crippen molar-refractivity contribution in [1.29, 1.82) is 0 Å². The fourth-order valence-electron chi connectivity index (χ4n) is 6.89. The van der Waals surface area contributed by atoms with E-state index in [9.17, 15) is 4.79 Å². The molecule has 3 fully saturated rings. The Hall–Kier alpha value is -2.69. The van der Waals surface area contributed by atoms with Crippen LogP contribution in [0.1, 0.15) is 61.6 Å². The van der Waals surface area contributed by atoms with E-state index in [0.29, 0.717) is 32.9 Å². The first-order valence-electron chi connectivity index (χ1n) is 17.0. The average Bonchev–Trinajstić information content (AvgIpc) is 3.79. The number of piperidine rings is 1. The molecule has 4 aliphatic rings. The number of ether oxygens (including phenoxy) is 5. The minimum atomic E-state index is -0.184. The summed E-state index contributed by atoms with van der Waals surface area (Å²) in [5.41, 5.74) is 4.57. The van der Waals surface area contributed by atoms with E-state index in [0.717, 1.165) is 75.0 Å². The minimum Gasteiger partial charge on any atom is -0.490 e. The van der Waals surface area contributed by atoms with Crippen LogP contribution in [-0.4, -0.2) is 95.3 Å². The number of hydrogen-bond donors (Lipinski definition) is 1. The Morgan fingerprint density at radius 1 is 0.978 bits per heavy atom. The predicted octanol–water partition coefficient (Wildman–Crippen LogP) is 4.52. The van der Waals surface area contributed by atoms with E-state index in [2.05, 4.69) is 59.6 Å². The maximum absolute atomic E-state index is 13.1. The summed E-state index contributed by atoms with van der Waals surface area (Å²) in [6.45, 7) is 9.62. The van der Waals surface area contributed by atoms with Gasteiger partial charge in [0.1, 0.15) is 19.0 Å². The van der Waals surface area contributed by atoms with Crippen molar-refractivity contribution < 1.29 is 28.5 Å². The highest BCUT2D eigenvalue weighted by Gasteiger charge is 2.37.